The lowest BCUT2D eigenvalue weighted by molar-refractivity contribution is -0.120. The molecule has 1 heterocycles. The Bertz CT molecular complexity index is 190. The number of thioether (sulfide) groups is 1. The third kappa shape index (κ3) is 6.58. The number of amides is 1. The molecule has 0 aliphatic carbocycles. The highest BCUT2D eigenvalue weighted by Crippen LogP contribution is 2.25. The molecule has 4 nitrogen and oxygen atoms in total. The molecule has 1 amide bonds. The number of hydrogen-bond donors (Lipinski definition) is 2. The Morgan fingerprint density at radius 3 is 2.88 bits per heavy atom. The van der Waals surface area contributed by atoms with Crippen molar-refractivity contribution in [3.63, 3.8) is 0 Å². The van der Waals surface area contributed by atoms with Crippen molar-refractivity contribution in [1.29, 1.82) is 0 Å². The van der Waals surface area contributed by atoms with Crippen molar-refractivity contribution in [2.75, 3.05) is 39.1 Å². The van der Waals surface area contributed by atoms with Gasteiger partial charge in [-0.15, -0.1) is 24.2 Å². The molecule has 0 radical (unpaired) electrons. The second-order valence-electron chi connectivity index (χ2n) is 3.54. The SMILES string of the molecule is COCCNCCNC(=O)C1CCCS1.Cl. The van der Waals surface area contributed by atoms with E-state index < -0.39 is 0 Å². The summed E-state index contributed by atoms with van der Waals surface area (Å²) in [7, 11) is 1.68. The fraction of sp³-hybridized carbons (Fsp3) is 0.900. The van der Waals surface area contributed by atoms with E-state index in [0.717, 1.165) is 25.3 Å². The average Bonchev–Trinajstić information content (AvgIpc) is 2.76. The molecule has 2 N–H and O–H groups in total. The van der Waals surface area contributed by atoms with Gasteiger partial charge < -0.3 is 15.4 Å². The van der Waals surface area contributed by atoms with Gasteiger partial charge in [0.2, 0.25) is 5.91 Å². The summed E-state index contributed by atoms with van der Waals surface area (Å²) in [6.07, 6.45) is 2.21. The normalized spacial score (nSPS) is 19.2. The van der Waals surface area contributed by atoms with Gasteiger partial charge in [-0.25, -0.2) is 0 Å². The van der Waals surface area contributed by atoms with E-state index >= 15 is 0 Å². The van der Waals surface area contributed by atoms with Crippen LogP contribution in [0.2, 0.25) is 0 Å². The predicted molar refractivity (Wildman–Crippen MR) is 70.5 cm³/mol. The third-order valence-electron chi connectivity index (χ3n) is 2.31. The van der Waals surface area contributed by atoms with Crippen molar-refractivity contribution in [1.82, 2.24) is 10.6 Å². The predicted octanol–water partition coefficient (Wildman–Crippen LogP) is 0.656. The summed E-state index contributed by atoms with van der Waals surface area (Å²) >= 11 is 1.77. The Hall–Kier alpha value is 0.0300. The van der Waals surface area contributed by atoms with Crippen LogP contribution in [0, 0.1) is 0 Å². The zero-order chi connectivity index (χ0) is 10.9. The van der Waals surface area contributed by atoms with E-state index in [-0.39, 0.29) is 23.6 Å². The number of carbonyl (C=O) groups excluding carboxylic acids is 1. The number of hydrogen-bond acceptors (Lipinski definition) is 4. The maximum atomic E-state index is 11.5. The minimum Gasteiger partial charge on any atom is -0.383 e. The van der Waals surface area contributed by atoms with Crippen LogP contribution in [0.3, 0.4) is 0 Å². The summed E-state index contributed by atoms with van der Waals surface area (Å²) in [6.45, 7) is 3.07. The maximum Gasteiger partial charge on any atom is 0.233 e. The highest BCUT2D eigenvalue weighted by molar-refractivity contribution is 8.00. The zero-order valence-corrected chi connectivity index (χ0v) is 11.3. The van der Waals surface area contributed by atoms with E-state index in [0.29, 0.717) is 13.2 Å². The van der Waals surface area contributed by atoms with Crippen molar-refractivity contribution >= 4 is 30.1 Å². The average molecular weight is 269 g/mol. The maximum absolute atomic E-state index is 11.5. The minimum atomic E-state index is 0. The van der Waals surface area contributed by atoms with Crippen LogP contribution >= 0.6 is 24.2 Å². The van der Waals surface area contributed by atoms with Gasteiger partial charge in [0.25, 0.3) is 0 Å². The summed E-state index contributed by atoms with van der Waals surface area (Å²) in [5, 5.41) is 6.32. The second-order valence-corrected chi connectivity index (χ2v) is 4.85. The van der Waals surface area contributed by atoms with Gasteiger partial charge in [-0.05, 0) is 18.6 Å². The van der Waals surface area contributed by atoms with Crippen molar-refractivity contribution in [3.05, 3.63) is 0 Å². The quantitative estimate of drug-likeness (QED) is 0.666. The van der Waals surface area contributed by atoms with Crippen LogP contribution < -0.4 is 10.6 Å². The smallest absolute Gasteiger partial charge is 0.233 e. The molecule has 0 aromatic carbocycles. The monoisotopic (exact) mass is 268 g/mol. The summed E-state index contributed by atoms with van der Waals surface area (Å²) in [5.41, 5.74) is 0. The van der Waals surface area contributed by atoms with Crippen molar-refractivity contribution in [3.8, 4) is 0 Å². The number of halogens is 1. The molecule has 6 heteroatoms. The molecule has 1 aliphatic rings. The molecular weight excluding hydrogens is 248 g/mol. The van der Waals surface area contributed by atoms with Crippen LogP contribution in [0.25, 0.3) is 0 Å². The Morgan fingerprint density at radius 2 is 2.25 bits per heavy atom. The number of methoxy groups -OCH3 is 1. The molecule has 1 rings (SSSR count). The molecule has 0 aromatic heterocycles. The minimum absolute atomic E-state index is 0. The number of rotatable bonds is 7. The van der Waals surface area contributed by atoms with Gasteiger partial charge in [0.05, 0.1) is 11.9 Å². The highest BCUT2D eigenvalue weighted by Gasteiger charge is 2.22. The van der Waals surface area contributed by atoms with Gasteiger partial charge in [0.15, 0.2) is 0 Å². The van der Waals surface area contributed by atoms with Crippen molar-refractivity contribution in [2.45, 2.75) is 18.1 Å². The Labute approximate surface area is 108 Å². The second kappa shape index (κ2) is 10.2. The van der Waals surface area contributed by atoms with Gasteiger partial charge in [0, 0.05) is 26.7 Å². The summed E-state index contributed by atoms with van der Waals surface area (Å²) in [4.78, 5) is 11.5. The van der Waals surface area contributed by atoms with Crippen LogP contribution in [0.1, 0.15) is 12.8 Å². The first kappa shape index (κ1) is 16.0. The van der Waals surface area contributed by atoms with Crippen molar-refractivity contribution in [2.24, 2.45) is 0 Å². The lowest BCUT2D eigenvalue weighted by atomic mass is 10.2. The van der Waals surface area contributed by atoms with E-state index in [2.05, 4.69) is 10.6 Å². The van der Waals surface area contributed by atoms with Crippen LogP contribution in [0.15, 0.2) is 0 Å². The van der Waals surface area contributed by atoms with Gasteiger partial charge in [-0.2, -0.15) is 0 Å². The molecule has 0 aromatic rings. The standard InChI is InChI=1S/C10H20N2O2S.ClH/c1-14-7-6-11-4-5-12-10(13)9-3-2-8-15-9;/h9,11H,2-8H2,1H3,(H,12,13);1H. The lowest BCUT2D eigenvalue weighted by Crippen LogP contribution is -2.37. The summed E-state index contributed by atoms with van der Waals surface area (Å²) in [5.74, 6) is 1.33. The molecule has 16 heavy (non-hydrogen) atoms. The van der Waals surface area contributed by atoms with Crippen molar-refractivity contribution < 1.29 is 9.53 Å². The van der Waals surface area contributed by atoms with Gasteiger partial charge in [0.1, 0.15) is 0 Å². The molecular formula is C10H21ClN2O2S. The van der Waals surface area contributed by atoms with E-state index in [1.54, 1.807) is 18.9 Å². The van der Waals surface area contributed by atoms with E-state index in [1.807, 2.05) is 0 Å². The Balaban J connectivity index is 0.00000225. The van der Waals surface area contributed by atoms with Gasteiger partial charge in [-0.1, -0.05) is 0 Å². The van der Waals surface area contributed by atoms with Crippen LogP contribution in [0.4, 0.5) is 0 Å². The first-order chi connectivity index (χ1) is 7.34. The topological polar surface area (TPSA) is 50.4 Å². The van der Waals surface area contributed by atoms with E-state index in [4.69, 9.17) is 4.74 Å². The number of carbonyl (C=O) groups is 1. The van der Waals surface area contributed by atoms with Gasteiger partial charge in [-0.3, -0.25) is 4.79 Å². The Kier molecular flexibility index (Phi) is 10.2. The molecule has 1 unspecified atom stereocenters. The molecule has 0 saturated carbocycles. The lowest BCUT2D eigenvalue weighted by Gasteiger charge is -2.10. The molecule has 1 atom stereocenters. The molecule has 0 bridgehead atoms. The Morgan fingerprint density at radius 1 is 1.44 bits per heavy atom. The number of nitrogens with one attached hydrogen (secondary N) is 2. The van der Waals surface area contributed by atoms with E-state index in [9.17, 15) is 4.79 Å². The van der Waals surface area contributed by atoms with E-state index in [1.165, 1.54) is 6.42 Å². The van der Waals surface area contributed by atoms with Gasteiger partial charge >= 0.3 is 0 Å². The van der Waals surface area contributed by atoms with Crippen LogP contribution in [-0.2, 0) is 9.53 Å². The molecule has 96 valence electrons. The number of ether oxygens (including phenoxy) is 1. The summed E-state index contributed by atoms with van der Waals surface area (Å²) < 4.78 is 4.90. The first-order valence-corrected chi connectivity index (χ1v) is 6.48. The molecule has 1 saturated heterocycles. The first-order valence-electron chi connectivity index (χ1n) is 5.43. The molecule has 0 spiro atoms. The third-order valence-corrected chi connectivity index (χ3v) is 3.68. The van der Waals surface area contributed by atoms with Crippen LogP contribution in [0.5, 0.6) is 0 Å². The fourth-order valence-electron chi connectivity index (χ4n) is 1.47. The molecule has 1 aliphatic heterocycles. The highest BCUT2D eigenvalue weighted by atomic mass is 35.5. The van der Waals surface area contributed by atoms with Crippen LogP contribution in [-0.4, -0.2) is 50.3 Å². The zero-order valence-electron chi connectivity index (χ0n) is 9.66. The fourth-order valence-corrected chi connectivity index (χ4v) is 2.66. The largest absolute Gasteiger partial charge is 0.383 e. The molecule has 1 fully saturated rings. The summed E-state index contributed by atoms with van der Waals surface area (Å²) in [6, 6.07) is 0.